The van der Waals surface area contributed by atoms with Gasteiger partial charge in [-0.25, -0.2) is 0 Å². The lowest BCUT2D eigenvalue weighted by molar-refractivity contribution is -0.121. The van der Waals surface area contributed by atoms with E-state index in [1.54, 1.807) is 19.4 Å². The van der Waals surface area contributed by atoms with Crippen LogP contribution in [0.4, 0.5) is 0 Å². The lowest BCUT2D eigenvalue weighted by Crippen LogP contribution is -2.24. The minimum absolute atomic E-state index is 0.00112. The second kappa shape index (κ2) is 8.84. The van der Waals surface area contributed by atoms with E-state index in [4.69, 9.17) is 9.47 Å². The summed E-state index contributed by atoms with van der Waals surface area (Å²) in [5, 5.41) is 2.86. The Kier molecular flexibility index (Phi) is 6.44. The van der Waals surface area contributed by atoms with Crippen LogP contribution < -0.4 is 10.1 Å². The van der Waals surface area contributed by atoms with Gasteiger partial charge in [0.05, 0.1) is 18.8 Å². The van der Waals surface area contributed by atoms with Crippen LogP contribution >= 0.6 is 0 Å². The first-order valence-corrected chi connectivity index (χ1v) is 7.22. The molecule has 2 aromatic heterocycles. The van der Waals surface area contributed by atoms with Gasteiger partial charge in [-0.3, -0.25) is 9.78 Å². The number of carbonyl (C=O) groups is 1. The van der Waals surface area contributed by atoms with E-state index >= 15 is 0 Å². The van der Waals surface area contributed by atoms with Crippen molar-refractivity contribution in [2.24, 2.45) is 0 Å². The summed E-state index contributed by atoms with van der Waals surface area (Å²) in [7, 11) is 1.63. The van der Waals surface area contributed by atoms with Crippen LogP contribution in [0.2, 0.25) is 0 Å². The van der Waals surface area contributed by atoms with E-state index in [0.717, 1.165) is 11.4 Å². The normalized spacial score (nSPS) is 10.4. The third kappa shape index (κ3) is 5.57. The molecule has 0 saturated heterocycles. The maximum atomic E-state index is 11.8. The number of ether oxygens (including phenoxy) is 2. The Balaban J connectivity index is 1.73. The van der Waals surface area contributed by atoms with Crippen LogP contribution in [0.3, 0.4) is 0 Å². The van der Waals surface area contributed by atoms with Gasteiger partial charge in [-0.15, -0.1) is 0 Å². The molecule has 0 radical (unpaired) electrons. The van der Waals surface area contributed by atoms with Crippen LogP contribution in [0.15, 0.2) is 42.9 Å². The van der Waals surface area contributed by atoms with E-state index in [2.05, 4.69) is 10.3 Å². The highest BCUT2D eigenvalue weighted by Crippen LogP contribution is 2.10. The number of amides is 1. The van der Waals surface area contributed by atoms with Gasteiger partial charge in [-0.2, -0.15) is 0 Å². The summed E-state index contributed by atoms with van der Waals surface area (Å²) < 4.78 is 12.4. The quantitative estimate of drug-likeness (QED) is 0.715. The largest absolute Gasteiger partial charge is 0.491 e. The molecule has 0 saturated carbocycles. The summed E-state index contributed by atoms with van der Waals surface area (Å²) in [6.45, 7) is 2.09. The van der Waals surface area contributed by atoms with E-state index in [9.17, 15) is 4.79 Å². The number of pyridine rings is 1. The summed E-state index contributed by atoms with van der Waals surface area (Å²) in [6.07, 6.45) is 5.99. The van der Waals surface area contributed by atoms with E-state index < -0.39 is 0 Å². The molecule has 0 bridgehead atoms. The first kappa shape index (κ1) is 16.0. The third-order valence-corrected chi connectivity index (χ3v) is 3.07. The number of hydrogen-bond donors (Lipinski definition) is 1. The highest BCUT2D eigenvalue weighted by atomic mass is 16.5. The van der Waals surface area contributed by atoms with Crippen molar-refractivity contribution in [3.05, 3.63) is 48.5 Å². The van der Waals surface area contributed by atoms with Gasteiger partial charge in [0.1, 0.15) is 12.4 Å². The summed E-state index contributed by atoms with van der Waals surface area (Å²) in [5.41, 5.74) is 0.768. The smallest absolute Gasteiger partial charge is 0.222 e. The van der Waals surface area contributed by atoms with Crippen LogP contribution in [0.5, 0.6) is 5.75 Å². The first-order valence-electron chi connectivity index (χ1n) is 7.22. The lowest BCUT2D eigenvalue weighted by atomic mass is 10.3. The van der Waals surface area contributed by atoms with Crippen LogP contribution in [-0.4, -0.2) is 35.8 Å². The number of carbonyl (C=O) groups excluding carboxylic acids is 1. The number of methoxy groups -OCH3 is 1. The van der Waals surface area contributed by atoms with Crippen molar-refractivity contribution in [1.29, 1.82) is 0 Å². The zero-order valence-electron chi connectivity index (χ0n) is 12.7. The molecule has 6 nitrogen and oxygen atoms in total. The van der Waals surface area contributed by atoms with Crippen molar-refractivity contribution in [2.45, 2.75) is 19.5 Å². The highest BCUT2D eigenvalue weighted by molar-refractivity contribution is 5.75. The van der Waals surface area contributed by atoms with Gasteiger partial charge in [0.2, 0.25) is 5.91 Å². The van der Waals surface area contributed by atoms with E-state index in [0.29, 0.717) is 32.7 Å². The second-order valence-corrected chi connectivity index (χ2v) is 4.77. The second-order valence-electron chi connectivity index (χ2n) is 4.77. The SMILES string of the molecule is COCCOc1ccnc(CNC(=O)CCn2cccc2)c1. The third-order valence-electron chi connectivity index (χ3n) is 3.07. The van der Waals surface area contributed by atoms with Crippen molar-refractivity contribution < 1.29 is 14.3 Å². The highest BCUT2D eigenvalue weighted by Gasteiger charge is 2.03. The molecule has 118 valence electrons. The van der Waals surface area contributed by atoms with Crippen LogP contribution in [0, 0.1) is 0 Å². The van der Waals surface area contributed by atoms with Gasteiger partial charge < -0.3 is 19.4 Å². The first-order chi connectivity index (χ1) is 10.8. The molecule has 0 aliphatic rings. The van der Waals surface area contributed by atoms with E-state index in [1.807, 2.05) is 35.2 Å². The topological polar surface area (TPSA) is 65.4 Å². The van der Waals surface area contributed by atoms with E-state index in [1.165, 1.54) is 0 Å². The van der Waals surface area contributed by atoms with Gasteiger partial charge in [0.15, 0.2) is 0 Å². The Morgan fingerprint density at radius 3 is 2.91 bits per heavy atom. The zero-order valence-corrected chi connectivity index (χ0v) is 12.7. The molecule has 0 aliphatic heterocycles. The average molecular weight is 303 g/mol. The van der Waals surface area contributed by atoms with Crippen molar-refractivity contribution in [2.75, 3.05) is 20.3 Å². The Labute approximate surface area is 130 Å². The number of nitrogens with zero attached hydrogens (tertiary/aromatic N) is 2. The summed E-state index contributed by atoms with van der Waals surface area (Å²) in [6, 6.07) is 7.49. The molecule has 0 fully saturated rings. The summed E-state index contributed by atoms with van der Waals surface area (Å²) in [4.78, 5) is 16.0. The monoisotopic (exact) mass is 303 g/mol. The van der Waals surface area contributed by atoms with E-state index in [-0.39, 0.29) is 5.91 Å². The Bertz CT molecular complexity index is 570. The predicted molar refractivity (Wildman–Crippen MR) is 82.5 cm³/mol. The fraction of sp³-hybridized carbons (Fsp3) is 0.375. The zero-order chi connectivity index (χ0) is 15.6. The fourth-order valence-electron chi connectivity index (χ4n) is 1.91. The predicted octanol–water partition coefficient (Wildman–Crippen LogP) is 1.61. The number of rotatable bonds is 9. The fourth-order valence-corrected chi connectivity index (χ4v) is 1.91. The number of aromatic nitrogens is 2. The summed E-state index contributed by atoms with van der Waals surface area (Å²) in [5.74, 6) is 0.727. The molecule has 0 aromatic carbocycles. The van der Waals surface area contributed by atoms with Gasteiger partial charge in [-0.05, 0) is 18.2 Å². The van der Waals surface area contributed by atoms with Crippen molar-refractivity contribution in [3.63, 3.8) is 0 Å². The van der Waals surface area contributed by atoms with Crippen LogP contribution in [0.1, 0.15) is 12.1 Å². The molecule has 22 heavy (non-hydrogen) atoms. The molecule has 1 amide bonds. The Morgan fingerprint density at radius 1 is 1.32 bits per heavy atom. The number of nitrogens with one attached hydrogen (secondary N) is 1. The molecule has 1 N–H and O–H groups in total. The van der Waals surface area contributed by atoms with Gasteiger partial charge >= 0.3 is 0 Å². The molecule has 0 atom stereocenters. The standard InChI is InChI=1S/C16H21N3O3/c1-21-10-11-22-15-4-6-17-14(12-15)13-18-16(20)5-9-19-7-2-3-8-19/h2-4,6-8,12H,5,9-11,13H2,1H3,(H,18,20). The summed E-state index contributed by atoms with van der Waals surface area (Å²) >= 11 is 0. The maximum absolute atomic E-state index is 11.8. The maximum Gasteiger partial charge on any atom is 0.222 e. The minimum Gasteiger partial charge on any atom is -0.491 e. The number of hydrogen-bond acceptors (Lipinski definition) is 4. The van der Waals surface area contributed by atoms with Crippen molar-refractivity contribution in [1.82, 2.24) is 14.9 Å². The molecule has 2 rings (SSSR count). The molecular formula is C16H21N3O3. The van der Waals surface area contributed by atoms with Crippen LogP contribution in [-0.2, 0) is 22.6 Å². The molecule has 0 aliphatic carbocycles. The molecule has 0 spiro atoms. The lowest BCUT2D eigenvalue weighted by Gasteiger charge is -2.08. The van der Waals surface area contributed by atoms with Crippen LogP contribution in [0.25, 0.3) is 0 Å². The molecule has 6 heteroatoms. The molecule has 0 unspecified atom stereocenters. The van der Waals surface area contributed by atoms with Crippen molar-refractivity contribution >= 4 is 5.91 Å². The molecular weight excluding hydrogens is 282 g/mol. The number of aryl methyl sites for hydroxylation is 1. The van der Waals surface area contributed by atoms with Gasteiger partial charge in [0, 0.05) is 44.7 Å². The van der Waals surface area contributed by atoms with Crippen molar-refractivity contribution in [3.8, 4) is 5.75 Å². The molecule has 2 heterocycles. The Hall–Kier alpha value is -2.34. The minimum atomic E-state index is 0.00112. The Morgan fingerprint density at radius 2 is 2.14 bits per heavy atom. The van der Waals surface area contributed by atoms with Gasteiger partial charge in [0.25, 0.3) is 0 Å². The van der Waals surface area contributed by atoms with Gasteiger partial charge in [-0.1, -0.05) is 0 Å². The average Bonchev–Trinajstić information content (AvgIpc) is 3.05. The molecule has 2 aromatic rings.